The van der Waals surface area contributed by atoms with E-state index < -0.39 is 10.8 Å². The number of amides is 1. The molecular formula is C28H22ClN3O5. The van der Waals surface area contributed by atoms with E-state index in [4.69, 9.17) is 20.8 Å². The Morgan fingerprint density at radius 1 is 1.05 bits per heavy atom. The van der Waals surface area contributed by atoms with Crippen molar-refractivity contribution in [3.8, 4) is 11.5 Å². The topological polar surface area (TPSA) is 110 Å². The summed E-state index contributed by atoms with van der Waals surface area (Å²) in [4.78, 5) is 27.2. The normalized spacial score (nSPS) is 11.8. The fourth-order valence-corrected chi connectivity index (χ4v) is 4.36. The molecule has 5 aromatic rings. The van der Waals surface area contributed by atoms with Crippen LogP contribution in [0.3, 0.4) is 0 Å². The van der Waals surface area contributed by atoms with Gasteiger partial charge < -0.3 is 19.5 Å². The molecule has 0 radical (unpaired) electrons. The summed E-state index contributed by atoms with van der Waals surface area (Å²) in [5, 5.41) is 15.6. The van der Waals surface area contributed by atoms with Crippen molar-refractivity contribution in [1.29, 1.82) is 0 Å². The van der Waals surface area contributed by atoms with Crippen LogP contribution in [0.5, 0.6) is 11.5 Å². The number of carbonyl (C=O) groups is 1. The lowest BCUT2D eigenvalue weighted by Crippen LogP contribution is -2.24. The Hall–Kier alpha value is -4.56. The van der Waals surface area contributed by atoms with Crippen LogP contribution < -0.4 is 10.1 Å². The minimum absolute atomic E-state index is 0.0193. The van der Waals surface area contributed by atoms with Crippen LogP contribution in [0, 0.1) is 10.1 Å². The zero-order valence-corrected chi connectivity index (χ0v) is 20.3. The summed E-state index contributed by atoms with van der Waals surface area (Å²) >= 11 is 5.98. The molecule has 5 rings (SSSR count). The molecule has 0 fully saturated rings. The van der Waals surface area contributed by atoms with Crippen molar-refractivity contribution in [2.75, 3.05) is 0 Å². The number of nitro benzene ring substituents is 1. The van der Waals surface area contributed by atoms with Crippen molar-refractivity contribution in [1.82, 2.24) is 10.3 Å². The Labute approximate surface area is 217 Å². The highest BCUT2D eigenvalue weighted by molar-refractivity contribution is 6.30. The number of rotatable bonds is 9. The molecule has 186 valence electrons. The van der Waals surface area contributed by atoms with E-state index in [1.54, 1.807) is 54.9 Å². The Bertz CT molecular complexity index is 1540. The number of fused-ring (bicyclic) bond motifs is 1. The summed E-state index contributed by atoms with van der Waals surface area (Å²) in [6.45, 7) is 0.262. The number of halogens is 1. The predicted octanol–water partition coefficient (Wildman–Crippen LogP) is 6.95. The van der Waals surface area contributed by atoms with Gasteiger partial charge in [0.15, 0.2) is 0 Å². The van der Waals surface area contributed by atoms with E-state index >= 15 is 0 Å². The van der Waals surface area contributed by atoms with E-state index in [1.165, 1.54) is 12.1 Å². The molecule has 1 atom stereocenters. The summed E-state index contributed by atoms with van der Waals surface area (Å²) in [6.07, 6.45) is 3.46. The van der Waals surface area contributed by atoms with Crippen LogP contribution in [-0.2, 0) is 11.3 Å². The first-order chi connectivity index (χ1) is 18.0. The summed E-state index contributed by atoms with van der Waals surface area (Å²) < 4.78 is 11.3. The highest BCUT2D eigenvalue weighted by Crippen LogP contribution is 2.37. The zero-order valence-electron chi connectivity index (χ0n) is 19.5. The molecule has 0 saturated heterocycles. The van der Waals surface area contributed by atoms with Gasteiger partial charge in [-0.2, -0.15) is 0 Å². The third-order valence-corrected chi connectivity index (χ3v) is 6.27. The summed E-state index contributed by atoms with van der Waals surface area (Å²) in [6, 6.07) is 22.7. The summed E-state index contributed by atoms with van der Waals surface area (Å²) in [5.74, 6) is 1.26. The number of nitrogens with zero attached hydrogens (tertiary/aromatic N) is 1. The van der Waals surface area contributed by atoms with Crippen molar-refractivity contribution < 1.29 is 18.9 Å². The van der Waals surface area contributed by atoms with E-state index in [0.717, 1.165) is 16.6 Å². The Kier molecular flexibility index (Phi) is 6.91. The highest BCUT2D eigenvalue weighted by Gasteiger charge is 2.23. The number of aromatic amines is 1. The van der Waals surface area contributed by atoms with Crippen LogP contribution in [0.4, 0.5) is 5.69 Å². The van der Waals surface area contributed by atoms with E-state index in [0.29, 0.717) is 27.7 Å². The number of carbonyl (C=O) groups excluding carboxylic acids is 1. The molecule has 0 aliphatic rings. The van der Waals surface area contributed by atoms with Crippen LogP contribution >= 0.6 is 11.6 Å². The van der Waals surface area contributed by atoms with Gasteiger partial charge in [0.05, 0.1) is 17.7 Å². The first kappa shape index (κ1) is 24.1. The van der Waals surface area contributed by atoms with Crippen LogP contribution in [-0.4, -0.2) is 15.8 Å². The van der Waals surface area contributed by atoms with Crippen LogP contribution in [0.25, 0.3) is 10.9 Å². The lowest BCUT2D eigenvalue weighted by molar-refractivity contribution is -0.384. The van der Waals surface area contributed by atoms with Gasteiger partial charge in [0.25, 0.3) is 5.69 Å². The number of nitrogens with one attached hydrogen (secondary N) is 2. The van der Waals surface area contributed by atoms with Crippen LogP contribution in [0.1, 0.15) is 29.2 Å². The molecule has 0 aliphatic carbocycles. The number of hydrogen-bond donors (Lipinski definition) is 2. The third kappa shape index (κ3) is 5.65. The summed E-state index contributed by atoms with van der Waals surface area (Å²) in [5.41, 5.74) is 2.33. The third-order valence-electron chi connectivity index (χ3n) is 6.02. The standard InChI is InChI=1S/C28H22ClN3O5/c29-19-6-9-21(10-7-19)37-22-4-1-3-18(13-22)24(15-28(33)31-16-23-5-2-12-36-23)26-17-30-27-11-8-20(32(34)35)14-25(26)27/h1-14,17,24,30H,15-16H2,(H,31,33)/t24-/m1/s1. The molecule has 2 aromatic heterocycles. The van der Waals surface area contributed by atoms with Gasteiger partial charge in [0.2, 0.25) is 5.91 Å². The van der Waals surface area contributed by atoms with Gasteiger partial charge in [0, 0.05) is 46.6 Å². The SMILES string of the molecule is O=C(C[C@H](c1cccc(Oc2ccc(Cl)cc2)c1)c1c[nH]c2ccc([N+](=O)[O-])cc12)NCc1ccco1. The van der Waals surface area contributed by atoms with Gasteiger partial charge in [-0.15, -0.1) is 0 Å². The molecular weight excluding hydrogens is 494 g/mol. The molecule has 8 nitrogen and oxygen atoms in total. The van der Waals surface area contributed by atoms with Gasteiger partial charge in [-0.25, -0.2) is 0 Å². The molecule has 2 heterocycles. The van der Waals surface area contributed by atoms with Crippen molar-refractivity contribution in [3.63, 3.8) is 0 Å². The van der Waals surface area contributed by atoms with E-state index in [-0.39, 0.29) is 24.6 Å². The van der Waals surface area contributed by atoms with Gasteiger partial charge in [0.1, 0.15) is 17.3 Å². The first-order valence-electron chi connectivity index (χ1n) is 11.5. The van der Waals surface area contributed by atoms with Crippen LogP contribution in [0.15, 0.2) is 95.7 Å². The Morgan fingerprint density at radius 3 is 2.65 bits per heavy atom. The number of nitro groups is 1. The predicted molar refractivity (Wildman–Crippen MR) is 140 cm³/mol. The molecule has 1 amide bonds. The molecule has 9 heteroatoms. The molecule has 0 saturated carbocycles. The molecule has 0 spiro atoms. The average molecular weight is 516 g/mol. The Balaban J connectivity index is 1.49. The lowest BCUT2D eigenvalue weighted by atomic mass is 9.87. The molecule has 37 heavy (non-hydrogen) atoms. The van der Waals surface area contributed by atoms with Crippen molar-refractivity contribution in [3.05, 3.63) is 123 Å². The molecule has 2 N–H and O–H groups in total. The second-order valence-corrected chi connectivity index (χ2v) is 8.91. The molecule has 0 aliphatic heterocycles. The number of aromatic nitrogens is 1. The van der Waals surface area contributed by atoms with Gasteiger partial charge in [-0.1, -0.05) is 23.7 Å². The minimum atomic E-state index is -0.429. The second kappa shape index (κ2) is 10.6. The number of non-ortho nitro benzene ring substituents is 1. The number of hydrogen-bond acceptors (Lipinski definition) is 5. The zero-order chi connectivity index (χ0) is 25.8. The van der Waals surface area contributed by atoms with Crippen molar-refractivity contribution in [2.24, 2.45) is 0 Å². The van der Waals surface area contributed by atoms with Gasteiger partial charge in [-0.05, 0) is 65.7 Å². The highest BCUT2D eigenvalue weighted by atomic mass is 35.5. The van der Waals surface area contributed by atoms with Crippen LogP contribution in [0.2, 0.25) is 5.02 Å². The maximum Gasteiger partial charge on any atom is 0.270 e. The number of furan rings is 1. The van der Waals surface area contributed by atoms with Crippen molar-refractivity contribution >= 4 is 34.1 Å². The van der Waals surface area contributed by atoms with Gasteiger partial charge >= 0.3 is 0 Å². The van der Waals surface area contributed by atoms with E-state index in [2.05, 4.69) is 10.3 Å². The number of benzene rings is 3. The van der Waals surface area contributed by atoms with E-state index in [9.17, 15) is 14.9 Å². The Morgan fingerprint density at radius 2 is 1.89 bits per heavy atom. The molecule has 3 aromatic carbocycles. The second-order valence-electron chi connectivity index (χ2n) is 8.47. The lowest BCUT2D eigenvalue weighted by Gasteiger charge is -2.18. The quantitative estimate of drug-likeness (QED) is 0.163. The first-order valence-corrected chi connectivity index (χ1v) is 11.9. The maximum atomic E-state index is 13.0. The minimum Gasteiger partial charge on any atom is -0.467 e. The average Bonchev–Trinajstić information content (AvgIpc) is 3.57. The smallest absolute Gasteiger partial charge is 0.270 e. The van der Waals surface area contributed by atoms with Gasteiger partial charge in [-0.3, -0.25) is 14.9 Å². The number of ether oxygens (including phenoxy) is 1. The van der Waals surface area contributed by atoms with E-state index in [1.807, 2.05) is 24.3 Å². The molecule has 0 bridgehead atoms. The fraction of sp³-hybridized carbons (Fsp3) is 0.107. The molecule has 0 unspecified atom stereocenters. The van der Waals surface area contributed by atoms with Crippen molar-refractivity contribution in [2.45, 2.75) is 18.9 Å². The largest absolute Gasteiger partial charge is 0.467 e. The maximum absolute atomic E-state index is 13.0. The monoisotopic (exact) mass is 515 g/mol. The number of H-pyrrole nitrogens is 1. The summed E-state index contributed by atoms with van der Waals surface area (Å²) in [7, 11) is 0. The fourth-order valence-electron chi connectivity index (χ4n) is 4.23.